The van der Waals surface area contributed by atoms with Crippen LogP contribution in [-0.4, -0.2) is 101 Å². The molecule has 0 radical (unpaired) electrons. The molecule has 2 bridgehead atoms. The fourth-order valence-corrected chi connectivity index (χ4v) is 6.29. The molecule has 1 aromatic carbocycles. The predicted molar refractivity (Wildman–Crippen MR) is 136 cm³/mol. The summed E-state index contributed by atoms with van der Waals surface area (Å²) in [5, 5.41) is 14.7. The molecule has 0 saturated carbocycles. The van der Waals surface area contributed by atoms with E-state index in [1.165, 1.54) is 11.1 Å². The van der Waals surface area contributed by atoms with Crippen LogP contribution in [0.25, 0.3) is 10.8 Å². The van der Waals surface area contributed by atoms with Crippen molar-refractivity contribution in [2.24, 2.45) is 0 Å². The summed E-state index contributed by atoms with van der Waals surface area (Å²) >= 11 is 5.70. The number of amides is 3. The van der Waals surface area contributed by atoms with Gasteiger partial charge in [-0.2, -0.15) is 5.26 Å². The molecule has 4 saturated heterocycles. The normalized spacial score (nSPS) is 25.5. The molecule has 3 atom stereocenters. The van der Waals surface area contributed by atoms with Crippen LogP contribution < -0.4 is 10.2 Å². The summed E-state index contributed by atoms with van der Waals surface area (Å²) in [6.45, 7) is 5.90. The molecule has 5 heterocycles. The summed E-state index contributed by atoms with van der Waals surface area (Å²) in [5.41, 5.74) is 0.689. The number of carbonyl (C=O) groups excluding carboxylic acids is 2. The molecule has 36 heavy (non-hydrogen) atoms. The fraction of sp³-hybridized carbons (Fsp3) is 0.480. The smallest absolute Gasteiger partial charge is 0.332 e. The largest absolute Gasteiger partial charge is 0.379 e. The second-order valence-electron chi connectivity index (χ2n) is 9.61. The molecule has 4 fully saturated rings. The van der Waals surface area contributed by atoms with Gasteiger partial charge < -0.3 is 19.9 Å². The lowest BCUT2D eigenvalue weighted by molar-refractivity contribution is -0.120. The van der Waals surface area contributed by atoms with E-state index in [1.54, 1.807) is 11.0 Å². The average Bonchev–Trinajstić information content (AvgIpc) is 3.58. The minimum Gasteiger partial charge on any atom is -0.379 e. The Kier molecular flexibility index (Phi) is 5.95. The van der Waals surface area contributed by atoms with Crippen molar-refractivity contribution in [1.29, 1.82) is 5.26 Å². The van der Waals surface area contributed by atoms with Crippen LogP contribution in [0.4, 0.5) is 10.5 Å². The number of thiocarbonyl (C=S) groups is 1. The molecule has 0 spiro atoms. The Hall–Kier alpha value is -3.33. The Morgan fingerprint density at radius 1 is 1.22 bits per heavy atom. The number of likely N-dealkylation sites (tertiary alicyclic amines) is 1. The molecule has 1 N–H and O–H groups in total. The average molecular weight is 506 g/mol. The number of hydrogen-bond donors (Lipinski definition) is 1. The standard InChI is InChI=1S/C25H27N7O3S/c26-13-19-17-4-1-2-5-18(17)21(14-28-19)32-23(33)22-20-12-16(31(22)25(32)34)15-30(20)24(36)27-6-3-7-29-8-10-35-11-9-29/h1-2,4-5,14,16,20,22H,3,6-12,15H2,(H,27,36)/t16-,20-,22-/m0/s1. The maximum absolute atomic E-state index is 13.7. The lowest BCUT2D eigenvalue weighted by Crippen LogP contribution is -2.57. The number of nitrogens with one attached hydrogen (secondary N) is 1. The number of rotatable bonds is 5. The van der Waals surface area contributed by atoms with Crippen molar-refractivity contribution in [1.82, 2.24) is 25.0 Å². The number of benzene rings is 1. The molecule has 4 aliphatic rings. The Balaban J connectivity index is 1.16. The van der Waals surface area contributed by atoms with Gasteiger partial charge in [0.15, 0.2) is 5.11 Å². The van der Waals surface area contributed by atoms with Crippen LogP contribution in [0.3, 0.4) is 0 Å². The number of anilines is 1. The van der Waals surface area contributed by atoms with Gasteiger partial charge in [0, 0.05) is 37.0 Å². The second kappa shape index (κ2) is 9.28. The number of pyridine rings is 1. The highest BCUT2D eigenvalue weighted by Gasteiger charge is 2.62. The summed E-state index contributed by atoms with van der Waals surface area (Å²) in [5.74, 6) is -0.260. The van der Waals surface area contributed by atoms with Gasteiger partial charge in [-0.25, -0.2) is 14.7 Å². The van der Waals surface area contributed by atoms with Gasteiger partial charge in [0.2, 0.25) is 0 Å². The van der Waals surface area contributed by atoms with Crippen LogP contribution in [-0.2, 0) is 9.53 Å². The van der Waals surface area contributed by atoms with Gasteiger partial charge in [-0.05, 0) is 31.6 Å². The third-order valence-electron chi connectivity index (χ3n) is 7.68. The highest BCUT2D eigenvalue weighted by Crippen LogP contribution is 2.43. The monoisotopic (exact) mass is 505 g/mol. The number of urea groups is 1. The Bertz CT molecular complexity index is 1270. The summed E-state index contributed by atoms with van der Waals surface area (Å²) in [6.07, 6.45) is 3.17. The van der Waals surface area contributed by atoms with Crippen molar-refractivity contribution in [2.45, 2.75) is 31.0 Å². The molecule has 11 heteroatoms. The van der Waals surface area contributed by atoms with Gasteiger partial charge in [0.05, 0.1) is 37.2 Å². The predicted octanol–water partition coefficient (Wildman–Crippen LogP) is 1.30. The van der Waals surface area contributed by atoms with Crippen LogP contribution in [0.5, 0.6) is 0 Å². The topological polar surface area (TPSA) is 105 Å². The van der Waals surface area contributed by atoms with Crippen molar-refractivity contribution in [3.05, 3.63) is 36.2 Å². The van der Waals surface area contributed by atoms with Crippen molar-refractivity contribution in [2.75, 3.05) is 50.8 Å². The SMILES string of the molecule is N#Cc1ncc(N2C(=O)[C@@H]3[C@@H]4C[C@@H](CN4C(=S)NCCCN4CCOCC4)N3C2=O)c2ccccc12. The zero-order valence-electron chi connectivity index (χ0n) is 19.8. The zero-order valence-corrected chi connectivity index (χ0v) is 20.6. The number of ether oxygens (including phenoxy) is 1. The number of hydrogen-bond acceptors (Lipinski definition) is 7. The first-order chi connectivity index (χ1) is 17.6. The third-order valence-corrected chi connectivity index (χ3v) is 8.06. The second-order valence-corrected chi connectivity index (χ2v) is 9.99. The van der Waals surface area contributed by atoms with Crippen molar-refractivity contribution < 1.29 is 14.3 Å². The molecule has 4 aliphatic heterocycles. The summed E-state index contributed by atoms with van der Waals surface area (Å²) in [6, 6.07) is 8.22. The van der Waals surface area contributed by atoms with Crippen LogP contribution >= 0.6 is 12.2 Å². The van der Waals surface area contributed by atoms with E-state index in [2.05, 4.69) is 26.2 Å². The molecule has 6 rings (SSSR count). The van der Waals surface area contributed by atoms with Crippen molar-refractivity contribution in [3.8, 4) is 6.07 Å². The maximum Gasteiger partial charge on any atom is 0.332 e. The molecule has 0 aliphatic carbocycles. The van der Waals surface area contributed by atoms with E-state index in [1.807, 2.05) is 18.2 Å². The molecular weight excluding hydrogens is 478 g/mol. The van der Waals surface area contributed by atoms with E-state index in [9.17, 15) is 14.9 Å². The lowest BCUT2D eigenvalue weighted by Gasteiger charge is -2.36. The number of nitriles is 1. The highest BCUT2D eigenvalue weighted by molar-refractivity contribution is 7.80. The number of morpholine rings is 1. The van der Waals surface area contributed by atoms with Crippen LogP contribution in [0.15, 0.2) is 30.5 Å². The molecule has 0 unspecified atom stereocenters. The summed E-state index contributed by atoms with van der Waals surface area (Å²) in [7, 11) is 0. The first-order valence-electron chi connectivity index (χ1n) is 12.4. The van der Waals surface area contributed by atoms with Crippen LogP contribution in [0, 0.1) is 11.3 Å². The number of imide groups is 1. The van der Waals surface area contributed by atoms with E-state index < -0.39 is 6.04 Å². The maximum atomic E-state index is 13.7. The Morgan fingerprint density at radius 2 is 2.00 bits per heavy atom. The summed E-state index contributed by atoms with van der Waals surface area (Å²) in [4.78, 5) is 38.8. The molecular formula is C25H27N7O3S. The molecule has 2 aromatic rings. The summed E-state index contributed by atoms with van der Waals surface area (Å²) < 4.78 is 5.40. The Labute approximate surface area is 214 Å². The number of nitrogens with zero attached hydrogens (tertiary/aromatic N) is 6. The minimum absolute atomic E-state index is 0.0628. The quantitative estimate of drug-likeness (QED) is 0.366. The van der Waals surface area contributed by atoms with Gasteiger partial charge in [-0.1, -0.05) is 24.3 Å². The lowest BCUT2D eigenvalue weighted by atomic mass is 10.1. The Morgan fingerprint density at radius 3 is 2.78 bits per heavy atom. The van der Waals surface area contributed by atoms with Crippen LogP contribution in [0.2, 0.25) is 0 Å². The third kappa shape index (κ3) is 3.68. The molecule has 186 valence electrons. The molecule has 3 amide bonds. The first-order valence-corrected chi connectivity index (χ1v) is 12.8. The van der Waals surface area contributed by atoms with E-state index in [0.29, 0.717) is 28.1 Å². The number of carbonyl (C=O) groups is 2. The van der Waals surface area contributed by atoms with Gasteiger partial charge in [-0.3, -0.25) is 9.69 Å². The van der Waals surface area contributed by atoms with E-state index >= 15 is 0 Å². The fourth-order valence-electron chi connectivity index (χ4n) is 5.98. The highest BCUT2D eigenvalue weighted by atomic mass is 32.1. The molecule has 10 nitrogen and oxygen atoms in total. The van der Waals surface area contributed by atoms with E-state index in [0.717, 1.165) is 52.2 Å². The van der Waals surface area contributed by atoms with Crippen molar-refractivity contribution in [3.63, 3.8) is 0 Å². The van der Waals surface area contributed by atoms with E-state index in [4.69, 9.17) is 17.0 Å². The molecule has 1 aromatic heterocycles. The van der Waals surface area contributed by atoms with Gasteiger partial charge in [-0.15, -0.1) is 0 Å². The number of fused-ring (bicyclic) bond motifs is 6. The number of piperazine rings is 1. The number of aromatic nitrogens is 1. The first kappa shape index (κ1) is 23.1. The van der Waals surface area contributed by atoms with Gasteiger partial charge in [0.1, 0.15) is 17.8 Å². The van der Waals surface area contributed by atoms with E-state index in [-0.39, 0.29) is 29.7 Å². The van der Waals surface area contributed by atoms with Crippen LogP contribution in [0.1, 0.15) is 18.5 Å². The van der Waals surface area contributed by atoms with Gasteiger partial charge >= 0.3 is 6.03 Å². The van der Waals surface area contributed by atoms with Crippen molar-refractivity contribution >= 4 is 45.7 Å². The van der Waals surface area contributed by atoms with Gasteiger partial charge in [0.25, 0.3) is 5.91 Å². The minimum atomic E-state index is -0.571. The zero-order chi connectivity index (χ0) is 24.8.